The third-order valence-electron chi connectivity index (χ3n) is 8.26. The number of nitrogens with zero attached hydrogens (tertiary/aromatic N) is 5. The molecule has 0 spiro atoms. The van der Waals surface area contributed by atoms with Crippen LogP contribution in [0.25, 0.3) is 22.2 Å². The number of fused-ring (bicyclic) bond motifs is 1. The highest BCUT2D eigenvalue weighted by atomic mass is 31.0. The van der Waals surface area contributed by atoms with Gasteiger partial charge in [-0.05, 0) is 48.8 Å². The van der Waals surface area contributed by atoms with Crippen molar-refractivity contribution in [1.82, 2.24) is 29.7 Å². The van der Waals surface area contributed by atoms with Gasteiger partial charge >= 0.3 is 0 Å². The number of carbonyl (C=O) groups is 1. The summed E-state index contributed by atoms with van der Waals surface area (Å²) in [6, 6.07) is 8.37. The van der Waals surface area contributed by atoms with E-state index < -0.39 is 0 Å². The molecule has 4 aromatic rings. The Morgan fingerprint density at radius 2 is 1.95 bits per heavy atom. The van der Waals surface area contributed by atoms with Gasteiger partial charge in [0.25, 0.3) is 0 Å². The molecule has 0 radical (unpaired) electrons. The standard InChI is InChI=1S/C30H37N8O2P/c1-4-24(38-12-10-37(11-13-38)20-16-40-17-20)29(39)36-28-26-21(8-9-31-28)22(15-32-26)25-19(3)14-33-30(35-25)34-23-7-5-6-18(2)27(23)41/h5-9,14-15,20,24,32H,4,10-13,16-17,41H2,1-3H3,(H,31,36,39)(H,33,34,35). The first-order valence-electron chi connectivity index (χ1n) is 14.2. The molecule has 6 rings (SSSR count). The zero-order valence-electron chi connectivity index (χ0n) is 23.8. The minimum atomic E-state index is -0.206. The molecular weight excluding hydrogens is 535 g/mol. The lowest BCUT2D eigenvalue weighted by molar-refractivity contribution is -0.123. The molecule has 2 saturated heterocycles. The number of aryl methyl sites for hydroxylation is 2. The molecule has 2 atom stereocenters. The predicted octanol–water partition coefficient (Wildman–Crippen LogP) is 3.61. The van der Waals surface area contributed by atoms with Gasteiger partial charge in [-0.15, -0.1) is 9.24 Å². The number of aromatic amines is 1. The summed E-state index contributed by atoms with van der Waals surface area (Å²) in [6.45, 7) is 11.4. The lowest BCUT2D eigenvalue weighted by Gasteiger charge is -2.44. The van der Waals surface area contributed by atoms with Gasteiger partial charge in [-0.1, -0.05) is 19.1 Å². The topological polar surface area (TPSA) is 111 Å². The summed E-state index contributed by atoms with van der Waals surface area (Å²) < 4.78 is 5.36. The van der Waals surface area contributed by atoms with Crippen molar-refractivity contribution < 1.29 is 9.53 Å². The summed E-state index contributed by atoms with van der Waals surface area (Å²) in [6.07, 6.45) is 6.22. The number of hydrogen-bond donors (Lipinski definition) is 3. The van der Waals surface area contributed by atoms with Crippen LogP contribution in [-0.4, -0.2) is 87.1 Å². The van der Waals surface area contributed by atoms with Crippen molar-refractivity contribution in [2.24, 2.45) is 0 Å². The maximum Gasteiger partial charge on any atom is 0.242 e. The van der Waals surface area contributed by atoms with Gasteiger partial charge in [0.1, 0.15) is 0 Å². The van der Waals surface area contributed by atoms with Gasteiger partial charge in [-0.25, -0.2) is 15.0 Å². The summed E-state index contributed by atoms with van der Waals surface area (Å²) in [4.78, 5) is 35.5. The van der Waals surface area contributed by atoms with E-state index in [0.29, 0.717) is 17.8 Å². The molecule has 10 nitrogen and oxygen atoms in total. The first-order chi connectivity index (χ1) is 19.9. The van der Waals surface area contributed by atoms with Crippen LogP contribution in [0, 0.1) is 13.8 Å². The molecule has 3 aromatic heterocycles. The molecule has 2 unspecified atom stereocenters. The van der Waals surface area contributed by atoms with E-state index in [-0.39, 0.29) is 11.9 Å². The number of piperazine rings is 1. The molecule has 0 bridgehead atoms. The molecule has 0 saturated carbocycles. The zero-order chi connectivity index (χ0) is 28.5. The van der Waals surface area contributed by atoms with Crippen LogP contribution in [0.4, 0.5) is 17.5 Å². The summed E-state index contributed by atoms with van der Waals surface area (Å²) >= 11 is 0. The van der Waals surface area contributed by atoms with Crippen LogP contribution in [0.1, 0.15) is 24.5 Å². The normalized spacial score (nSPS) is 17.4. The van der Waals surface area contributed by atoms with Crippen LogP contribution < -0.4 is 15.9 Å². The number of hydrogen-bond acceptors (Lipinski definition) is 8. The maximum atomic E-state index is 13.5. The van der Waals surface area contributed by atoms with Crippen molar-refractivity contribution in [2.75, 3.05) is 50.0 Å². The number of nitrogens with one attached hydrogen (secondary N) is 3. The second kappa shape index (κ2) is 11.8. The van der Waals surface area contributed by atoms with E-state index in [1.807, 2.05) is 37.5 Å². The van der Waals surface area contributed by atoms with E-state index >= 15 is 0 Å². The highest BCUT2D eigenvalue weighted by molar-refractivity contribution is 7.28. The smallest absolute Gasteiger partial charge is 0.242 e. The largest absolute Gasteiger partial charge is 0.378 e. The van der Waals surface area contributed by atoms with E-state index in [9.17, 15) is 4.79 Å². The lowest BCUT2D eigenvalue weighted by Crippen LogP contribution is -2.59. The van der Waals surface area contributed by atoms with Crippen molar-refractivity contribution >= 4 is 48.8 Å². The Kier molecular flexibility index (Phi) is 7.99. The molecule has 214 valence electrons. The van der Waals surface area contributed by atoms with Crippen molar-refractivity contribution in [3.63, 3.8) is 0 Å². The van der Waals surface area contributed by atoms with Gasteiger partial charge in [-0.2, -0.15) is 0 Å². The second-order valence-electron chi connectivity index (χ2n) is 10.8. The number of benzene rings is 1. The van der Waals surface area contributed by atoms with Crippen LogP contribution in [0.3, 0.4) is 0 Å². The fourth-order valence-corrected chi connectivity index (χ4v) is 5.95. The molecule has 5 heterocycles. The molecule has 41 heavy (non-hydrogen) atoms. The minimum Gasteiger partial charge on any atom is -0.378 e. The molecule has 0 aliphatic carbocycles. The highest BCUT2D eigenvalue weighted by Gasteiger charge is 2.33. The number of H-pyrrole nitrogens is 1. The third-order valence-corrected chi connectivity index (χ3v) is 9.02. The van der Waals surface area contributed by atoms with Gasteiger partial charge in [0, 0.05) is 61.4 Å². The molecule has 2 fully saturated rings. The second-order valence-corrected chi connectivity index (χ2v) is 11.4. The summed E-state index contributed by atoms with van der Waals surface area (Å²) in [5, 5.41) is 8.50. The van der Waals surface area contributed by atoms with Crippen molar-refractivity contribution in [1.29, 1.82) is 0 Å². The van der Waals surface area contributed by atoms with Gasteiger partial charge in [0.05, 0.1) is 36.5 Å². The first kappa shape index (κ1) is 27.7. The van der Waals surface area contributed by atoms with Crippen LogP contribution in [0.15, 0.2) is 42.9 Å². The van der Waals surface area contributed by atoms with E-state index in [1.165, 1.54) is 5.56 Å². The third kappa shape index (κ3) is 5.57. The average molecular weight is 573 g/mol. The SMILES string of the molecule is CCC(C(=O)Nc1nccc2c(-c3nc(Nc4cccc(C)c4P)ncc3C)c[nH]c12)N1CCN(C2COC2)CC1. The van der Waals surface area contributed by atoms with Crippen LogP contribution >= 0.6 is 9.24 Å². The predicted molar refractivity (Wildman–Crippen MR) is 166 cm³/mol. The lowest BCUT2D eigenvalue weighted by atomic mass is 10.1. The Morgan fingerprint density at radius 1 is 1.15 bits per heavy atom. The number of rotatable bonds is 8. The van der Waals surface area contributed by atoms with E-state index in [2.05, 4.69) is 64.5 Å². The van der Waals surface area contributed by atoms with Gasteiger partial charge in [0.15, 0.2) is 5.82 Å². The Labute approximate surface area is 242 Å². The van der Waals surface area contributed by atoms with Gasteiger partial charge in [-0.3, -0.25) is 14.6 Å². The fraction of sp³-hybridized carbons (Fsp3) is 0.400. The summed E-state index contributed by atoms with van der Waals surface area (Å²) in [7, 11) is 2.78. The summed E-state index contributed by atoms with van der Waals surface area (Å²) in [5.41, 5.74) is 5.59. The number of pyridine rings is 1. The van der Waals surface area contributed by atoms with E-state index in [4.69, 9.17) is 9.72 Å². The van der Waals surface area contributed by atoms with Gasteiger partial charge in [0.2, 0.25) is 11.9 Å². The first-order valence-corrected chi connectivity index (χ1v) is 14.8. The minimum absolute atomic E-state index is 0.0276. The van der Waals surface area contributed by atoms with Gasteiger partial charge < -0.3 is 20.4 Å². The van der Waals surface area contributed by atoms with Crippen molar-refractivity contribution in [3.8, 4) is 11.3 Å². The van der Waals surface area contributed by atoms with Crippen LogP contribution in [0.5, 0.6) is 0 Å². The Hall–Kier alpha value is -3.43. The maximum absolute atomic E-state index is 13.5. The van der Waals surface area contributed by atoms with Crippen LogP contribution in [0.2, 0.25) is 0 Å². The number of amides is 1. The highest BCUT2D eigenvalue weighted by Crippen LogP contribution is 2.33. The Balaban J connectivity index is 1.21. The fourth-order valence-electron chi connectivity index (χ4n) is 5.69. The van der Waals surface area contributed by atoms with Crippen molar-refractivity contribution in [3.05, 3.63) is 54.0 Å². The quantitative estimate of drug-likeness (QED) is 0.275. The summed E-state index contributed by atoms with van der Waals surface area (Å²) in [5.74, 6) is 1.02. The average Bonchev–Trinajstić information content (AvgIpc) is 3.38. The number of carbonyl (C=O) groups excluding carboxylic acids is 1. The van der Waals surface area contributed by atoms with E-state index in [1.54, 1.807) is 6.20 Å². The molecule has 1 aromatic carbocycles. The molecule has 1 amide bonds. The molecule has 3 N–H and O–H groups in total. The zero-order valence-corrected chi connectivity index (χ0v) is 24.9. The number of ether oxygens (including phenoxy) is 1. The van der Waals surface area contributed by atoms with Crippen molar-refractivity contribution in [2.45, 2.75) is 39.3 Å². The van der Waals surface area contributed by atoms with E-state index in [0.717, 1.165) is 84.5 Å². The van der Waals surface area contributed by atoms with Crippen LogP contribution in [-0.2, 0) is 9.53 Å². The molecule has 11 heteroatoms. The monoisotopic (exact) mass is 572 g/mol. The number of anilines is 3. The Morgan fingerprint density at radius 3 is 2.68 bits per heavy atom. The molecule has 2 aliphatic rings. The number of aromatic nitrogens is 4. The molecule has 2 aliphatic heterocycles. The Bertz CT molecular complexity index is 1560. The molecular formula is C30H37N8O2P.